The molecule has 0 fully saturated rings. The van der Waals surface area contributed by atoms with Gasteiger partial charge < -0.3 is 9.16 Å². The Morgan fingerprint density at radius 1 is 1.14 bits per heavy atom. The van der Waals surface area contributed by atoms with Crippen LogP contribution >= 0.6 is 0 Å². The largest absolute Gasteiger partial charge is 0.469 e. The molecule has 1 aromatic carbocycles. The van der Waals surface area contributed by atoms with E-state index in [1.54, 1.807) is 0 Å². The first-order chi connectivity index (χ1) is 16.7. The number of carbonyl (C=O) groups is 1. The summed E-state index contributed by atoms with van der Waals surface area (Å²) in [7, 11) is -0.499. The summed E-state index contributed by atoms with van der Waals surface area (Å²) in [6.45, 7) is 22.4. The molecule has 7 nitrogen and oxygen atoms in total. The molecule has 0 amide bonds. The van der Waals surface area contributed by atoms with Crippen LogP contribution < -0.4 is 0 Å². The van der Waals surface area contributed by atoms with E-state index in [-0.39, 0.29) is 16.9 Å². The Morgan fingerprint density at radius 3 is 2.39 bits per heavy atom. The molecule has 0 radical (unpaired) electrons. The van der Waals surface area contributed by atoms with Crippen molar-refractivity contribution >= 4 is 25.3 Å². The number of pyridine rings is 1. The Labute approximate surface area is 216 Å². The number of methoxy groups -OCH3 is 1. The zero-order chi connectivity index (χ0) is 27.1. The second kappa shape index (κ2) is 10.1. The molecule has 0 bridgehead atoms. The van der Waals surface area contributed by atoms with E-state index in [1.165, 1.54) is 7.11 Å². The van der Waals surface area contributed by atoms with E-state index in [4.69, 9.17) is 14.1 Å². The van der Waals surface area contributed by atoms with Gasteiger partial charge in [0, 0.05) is 24.4 Å². The predicted octanol–water partition coefficient (Wildman–Crippen LogP) is 6.32. The number of hydrogen-bond acceptors (Lipinski definition) is 6. The van der Waals surface area contributed by atoms with Gasteiger partial charge >= 0.3 is 5.97 Å². The quantitative estimate of drug-likeness (QED) is 0.261. The molecule has 0 saturated carbocycles. The van der Waals surface area contributed by atoms with Gasteiger partial charge in [0.25, 0.3) is 0 Å². The molecule has 0 aliphatic carbocycles. The van der Waals surface area contributed by atoms with Crippen LogP contribution in [0.25, 0.3) is 11.0 Å². The van der Waals surface area contributed by atoms with Gasteiger partial charge in [-0.05, 0) is 87.1 Å². The summed E-state index contributed by atoms with van der Waals surface area (Å²) in [6.07, 6.45) is 1.88. The maximum Gasteiger partial charge on any atom is 0.312 e. The van der Waals surface area contributed by atoms with Gasteiger partial charge in [0.2, 0.25) is 0 Å². The fourth-order valence-corrected chi connectivity index (χ4v) is 5.42. The Balaban J connectivity index is 2.15. The summed E-state index contributed by atoms with van der Waals surface area (Å²) in [5, 5.41) is 8.87. The lowest BCUT2D eigenvalue weighted by molar-refractivity contribution is -0.151. The Bertz CT molecular complexity index is 1260. The van der Waals surface area contributed by atoms with Gasteiger partial charge in [-0.1, -0.05) is 32.1 Å². The van der Waals surface area contributed by atoms with Crippen LogP contribution in [0.15, 0.2) is 24.4 Å². The number of nitrogens with zero attached hydrogens (tertiary/aromatic N) is 4. The second-order valence-electron chi connectivity index (χ2n) is 11.8. The molecule has 196 valence electrons. The van der Waals surface area contributed by atoms with Crippen LogP contribution in [0.5, 0.6) is 0 Å². The van der Waals surface area contributed by atoms with E-state index >= 15 is 0 Å². The van der Waals surface area contributed by atoms with Crippen LogP contribution in [0.4, 0.5) is 0 Å². The minimum absolute atomic E-state index is 0.115. The van der Waals surface area contributed by atoms with Crippen molar-refractivity contribution in [1.29, 1.82) is 0 Å². The molecule has 0 saturated heterocycles. The molecule has 0 N–H and O–H groups in total. The van der Waals surface area contributed by atoms with Crippen LogP contribution in [0.1, 0.15) is 75.4 Å². The number of hydrogen-bond donors (Lipinski definition) is 0. The first-order valence-corrected chi connectivity index (χ1v) is 15.6. The highest BCUT2D eigenvalue weighted by Gasteiger charge is 2.42. The van der Waals surface area contributed by atoms with Gasteiger partial charge in [-0.3, -0.25) is 9.78 Å². The number of rotatable bonds is 8. The Morgan fingerprint density at radius 2 is 1.81 bits per heavy atom. The SMILES string of the molecule is CCn1nnc2c(C)c(C(c3cnc(C)c(CO[Si](C)(C)C(C)(C)C)c3)C(C)(C)C(=O)OC)ccc21. The molecule has 3 aromatic rings. The van der Waals surface area contributed by atoms with Crippen LogP contribution in [0.2, 0.25) is 18.1 Å². The third-order valence-electron chi connectivity index (χ3n) is 7.97. The normalized spacial score (nSPS) is 13.8. The Hall–Kier alpha value is -2.58. The summed E-state index contributed by atoms with van der Waals surface area (Å²) >= 11 is 0. The smallest absolute Gasteiger partial charge is 0.312 e. The van der Waals surface area contributed by atoms with E-state index in [0.717, 1.165) is 45.5 Å². The molecule has 0 spiro atoms. The van der Waals surface area contributed by atoms with Crippen molar-refractivity contribution in [3.63, 3.8) is 0 Å². The highest BCUT2D eigenvalue weighted by Crippen LogP contribution is 2.44. The number of benzene rings is 1. The van der Waals surface area contributed by atoms with Crippen LogP contribution in [0.3, 0.4) is 0 Å². The molecule has 1 atom stereocenters. The van der Waals surface area contributed by atoms with Crippen molar-refractivity contribution in [3.8, 4) is 0 Å². The summed E-state index contributed by atoms with van der Waals surface area (Å²) in [5.41, 5.74) is 5.94. The number of aromatic nitrogens is 4. The van der Waals surface area contributed by atoms with Gasteiger partial charge in [0.15, 0.2) is 8.32 Å². The lowest BCUT2D eigenvalue weighted by Crippen LogP contribution is -2.40. The molecule has 36 heavy (non-hydrogen) atoms. The van der Waals surface area contributed by atoms with Gasteiger partial charge in [-0.15, -0.1) is 5.10 Å². The average molecular weight is 511 g/mol. The number of esters is 1. The first kappa shape index (κ1) is 28.0. The molecule has 2 heterocycles. The van der Waals surface area contributed by atoms with Crippen molar-refractivity contribution in [1.82, 2.24) is 20.0 Å². The minimum atomic E-state index is -1.94. The van der Waals surface area contributed by atoms with Crippen molar-refractivity contribution in [3.05, 3.63) is 52.3 Å². The number of aryl methyl sites for hydroxylation is 3. The zero-order valence-corrected chi connectivity index (χ0v) is 24.8. The van der Waals surface area contributed by atoms with Crippen molar-refractivity contribution in [2.75, 3.05) is 7.11 Å². The van der Waals surface area contributed by atoms with E-state index in [9.17, 15) is 4.79 Å². The Kier molecular flexibility index (Phi) is 7.82. The third-order valence-corrected chi connectivity index (χ3v) is 12.4. The highest BCUT2D eigenvalue weighted by molar-refractivity contribution is 6.74. The van der Waals surface area contributed by atoms with Crippen molar-refractivity contribution < 1.29 is 14.0 Å². The number of carbonyl (C=O) groups excluding carboxylic acids is 1. The molecule has 1 unspecified atom stereocenters. The maximum atomic E-state index is 13.1. The molecular weight excluding hydrogens is 468 g/mol. The van der Waals surface area contributed by atoms with E-state index in [0.29, 0.717) is 6.61 Å². The standard InChI is InChI=1S/C28H42N4O3Si/c1-12-32-23-14-13-22(18(2)25(23)30-31-32)24(28(7,8)26(33)34-9)20-15-21(19(3)29-16-20)17-35-36(10,11)27(4,5)6/h13-16,24H,12,17H2,1-11H3. The second-order valence-corrected chi connectivity index (χ2v) is 16.6. The van der Waals surface area contributed by atoms with Gasteiger partial charge in [-0.25, -0.2) is 4.68 Å². The lowest BCUT2D eigenvalue weighted by Gasteiger charge is -2.36. The summed E-state index contributed by atoms with van der Waals surface area (Å²) in [5.74, 6) is -0.565. The summed E-state index contributed by atoms with van der Waals surface area (Å²) in [6, 6.07) is 6.29. The van der Waals surface area contributed by atoms with Gasteiger partial charge in [0.1, 0.15) is 5.52 Å². The average Bonchev–Trinajstić information content (AvgIpc) is 3.23. The van der Waals surface area contributed by atoms with E-state index in [2.05, 4.69) is 63.2 Å². The molecule has 3 rings (SSSR count). The van der Waals surface area contributed by atoms with Crippen LogP contribution in [0, 0.1) is 19.3 Å². The molecule has 8 heteroatoms. The topological polar surface area (TPSA) is 79.1 Å². The summed E-state index contributed by atoms with van der Waals surface area (Å²) in [4.78, 5) is 17.8. The zero-order valence-electron chi connectivity index (χ0n) is 23.8. The molecule has 2 aromatic heterocycles. The molecule has 0 aliphatic heterocycles. The van der Waals surface area contributed by atoms with E-state index in [1.807, 2.05) is 44.6 Å². The monoisotopic (exact) mass is 510 g/mol. The van der Waals surface area contributed by atoms with Crippen molar-refractivity contribution in [2.45, 2.75) is 92.6 Å². The number of fused-ring (bicyclic) bond motifs is 1. The van der Waals surface area contributed by atoms with Gasteiger partial charge in [-0.2, -0.15) is 0 Å². The minimum Gasteiger partial charge on any atom is -0.469 e. The lowest BCUT2D eigenvalue weighted by atomic mass is 9.70. The first-order valence-electron chi connectivity index (χ1n) is 12.7. The highest BCUT2D eigenvalue weighted by atomic mass is 28.4. The maximum absolute atomic E-state index is 13.1. The fourth-order valence-electron chi connectivity index (χ4n) is 4.47. The fraction of sp³-hybridized carbons (Fsp3) is 0.571. The predicted molar refractivity (Wildman–Crippen MR) is 147 cm³/mol. The van der Waals surface area contributed by atoms with E-state index < -0.39 is 13.7 Å². The van der Waals surface area contributed by atoms with Crippen LogP contribution in [-0.4, -0.2) is 41.4 Å². The third kappa shape index (κ3) is 5.11. The van der Waals surface area contributed by atoms with Crippen molar-refractivity contribution in [2.24, 2.45) is 5.41 Å². The number of ether oxygens (including phenoxy) is 1. The van der Waals surface area contributed by atoms with Gasteiger partial charge in [0.05, 0.1) is 24.6 Å². The molecular formula is C28H42N4O3Si. The summed E-state index contributed by atoms with van der Waals surface area (Å²) < 4.78 is 13.7. The molecule has 0 aliphatic rings. The van der Waals surface area contributed by atoms with Crippen LogP contribution in [-0.2, 0) is 27.1 Å².